The molecule has 11 heteroatoms. The molecule has 1 saturated heterocycles. The second-order valence-electron chi connectivity index (χ2n) is 6.86. The number of carbonyl (C=O) groups excluding carboxylic acids is 2. The molecule has 2 aromatic rings. The molecule has 1 fully saturated rings. The predicted molar refractivity (Wildman–Crippen MR) is 104 cm³/mol. The minimum atomic E-state index is -0.548. The summed E-state index contributed by atoms with van der Waals surface area (Å²) in [6, 6.07) is 6.57. The molecule has 158 valence electrons. The standard InChI is InChI=1S/C19H22N6O5/c1-12-16(18(27)28-2)17(25-19(20-12)21-22-23-25)13-3-5-14(6-4-13)30-11-15(26)24-7-9-29-10-8-24/h3-6,17H,7-11H2,1-2H3,(H,20,21,23). The Kier molecular flexibility index (Phi) is 5.61. The van der Waals surface area contributed by atoms with E-state index < -0.39 is 12.0 Å². The minimum Gasteiger partial charge on any atom is -0.484 e. The van der Waals surface area contributed by atoms with Gasteiger partial charge in [0.2, 0.25) is 5.95 Å². The normalized spacial score (nSPS) is 18.5. The van der Waals surface area contributed by atoms with Gasteiger partial charge in [0.15, 0.2) is 6.61 Å². The van der Waals surface area contributed by atoms with Gasteiger partial charge >= 0.3 is 5.97 Å². The average molecular weight is 414 g/mol. The van der Waals surface area contributed by atoms with Crippen LogP contribution in [0, 0.1) is 0 Å². The smallest absolute Gasteiger partial charge is 0.338 e. The van der Waals surface area contributed by atoms with Gasteiger partial charge in [0.25, 0.3) is 5.91 Å². The SMILES string of the molecule is COC(=O)C1=C(C)Nc2nnnn2C1c1ccc(OCC(=O)N2CCOCC2)cc1. The third kappa shape index (κ3) is 3.83. The molecule has 0 radical (unpaired) electrons. The maximum absolute atomic E-state index is 12.4. The number of aromatic nitrogens is 4. The summed E-state index contributed by atoms with van der Waals surface area (Å²) >= 11 is 0. The number of allylic oxidation sites excluding steroid dienone is 1. The largest absolute Gasteiger partial charge is 0.484 e. The van der Waals surface area contributed by atoms with Crippen molar-refractivity contribution in [2.75, 3.05) is 45.3 Å². The number of esters is 1. The molecule has 0 aliphatic carbocycles. The number of benzene rings is 1. The highest BCUT2D eigenvalue weighted by molar-refractivity contribution is 5.92. The Morgan fingerprint density at radius 1 is 1.23 bits per heavy atom. The molecule has 1 unspecified atom stereocenters. The fraction of sp³-hybridized carbons (Fsp3) is 0.421. The number of carbonyl (C=O) groups is 2. The number of amides is 1. The summed E-state index contributed by atoms with van der Waals surface area (Å²) in [7, 11) is 1.33. The van der Waals surface area contributed by atoms with Crippen LogP contribution in [-0.2, 0) is 19.1 Å². The quantitative estimate of drug-likeness (QED) is 0.692. The Morgan fingerprint density at radius 2 is 1.97 bits per heavy atom. The summed E-state index contributed by atoms with van der Waals surface area (Å²) in [5, 5.41) is 14.7. The third-order valence-corrected chi connectivity index (χ3v) is 5.04. The molecule has 1 amide bonds. The van der Waals surface area contributed by atoms with Crippen molar-refractivity contribution in [3.05, 3.63) is 41.1 Å². The number of nitrogens with one attached hydrogen (secondary N) is 1. The van der Waals surface area contributed by atoms with E-state index in [0.717, 1.165) is 5.56 Å². The number of nitrogens with zero attached hydrogens (tertiary/aromatic N) is 5. The molecule has 11 nitrogen and oxygen atoms in total. The van der Waals surface area contributed by atoms with Crippen LogP contribution < -0.4 is 10.1 Å². The number of fused-ring (bicyclic) bond motifs is 1. The Hall–Kier alpha value is -3.47. The highest BCUT2D eigenvalue weighted by Gasteiger charge is 2.34. The van der Waals surface area contributed by atoms with Gasteiger partial charge in [0, 0.05) is 18.8 Å². The van der Waals surface area contributed by atoms with Gasteiger partial charge in [-0.3, -0.25) is 4.79 Å². The number of methoxy groups -OCH3 is 1. The van der Waals surface area contributed by atoms with Gasteiger partial charge < -0.3 is 24.4 Å². The first kappa shape index (κ1) is 19.8. The summed E-state index contributed by atoms with van der Waals surface area (Å²) in [5.41, 5.74) is 1.80. The number of anilines is 1. The zero-order valence-electron chi connectivity index (χ0n) is 16.7. The molecule has 1 N–H and O–H groups in total. The van der Waals surface area contributed by atoms with Gasteiger partial charge in [0.05, 0.1) is 25.9 Å². The molecule has 30 heavy (non-hydrogen) atoms. The van der Waals surface area contributed by atoms with E-state index in [1.54, 1.807) is 24.0 Å². The molecule has 1 aromatic heterocycles. The van der Waals surface area contributed by atoms with Crippen molar-refractivity contribution in [3.8, 4) is 5.75 Å². The number of hydrogen-bond acceptors (Lipinski definition) is 9. The molecule has 1 atom stereocenters. The predicted octanol–water partition coefficient (Wildman–Crippen LogP) is 0.373. The maximum atomic E-state index is 12.4. The highest BCUT2D eigenvalue weighted by Crippen LogP contribution is 2.35. The van der Waals surface area contributed by atoms with E-state index in [-0.39, 0.29) is 12.5 Å². The van der Waals surface area contributed by atoms with Crippen LogP contribution in [0.25, 0.3) is 0 Å². The lowest BCUT2D eigenvalue weighted by molar-refractivity contribution is -0.137. The summed E-state index contributed by atoms with van der Waals surface area (Å²) in [6.07, 6.45) is 0. The molecule has 4 rings (SSSR count). The Balaban J connectivity index is 1.51. The first-order valence-corrected chi connectivity index (χ1v) is 9.50. The number of morpholine rings is 1. The summed E-state index contributed by atoms with van der Waals surface area (Å²) in [4.78, 5) is 26.4. The van der Waals surface area contributed by atoms with Crippen LogP contribution in [0.3, 0.4) is 0 Å². The lowest BCUT2D eigenvalue weighted by atomic mass is 9.96. The van der Waals surface area contributed by atoms with Gasteiger partial charge in [-0.1, -0.05) is 17.2 Å². The molecule has 3 heterocycles. The lowest BCUT2D eigenvalue weighted by Crippen LogP contribution is -2.42. The van der Waals surface area contributed by atoms with E-state index >= 15 is 0 Å². The molecule has 0 saturated carbocycles. The van der Waals surface area contributed by atoms with E-state index in [1.807, 2.05) is 12.1 Å². The highest BCUT2D eigenvalue weighted by atomic mass is 16.5. The van der Waals surface area contributed by atoms with Crippen LogP contribution in [0.1, 0.15) is 18.5 Å². The van der Waals surface area contributed by atoms with Gasteiger partial charge in [0.1, 0.15) is 11.8 Å². The fourth-order valence-electron chi connectivity index (χ4n) is 3.49. The molecule has 2 aliphatic rings. The first-order valence-electron chi connectivity index (χ1n) is 9.50. The zero-order valence-corrected chi connectivity index (χ0v) is 16.7. The topological polar surface area (TPSA) is 121 Å². The number of ether oxygens (including phenoxy) is 3. The van der Waals surface area contributed by atoms with Crippen molar-refractivity contribution in [1.82, 2.24) is 25.1 Å². The summed E-state index contributed by atoms with van der Waals surface area (Å²) in [5.74, 6) is 0.432. The number of rotatable bonds is 5. The van der Waals surface area contributed by atoms with E-state index in [1.165, 1.54) is 11.8 Å². The van der Waals surface area contributed by atoms with Crippen molar-refractivity contribution < 1.29 is 23.8 Å². The van der Waals surface area contributed by atoms with Gasteiger partial charge in [-0.15, -0.1) is 0 Å². The molecule has 0 bridgehead atoms. The van der Waals surface area contributed by atoms with Crippen LogP contribution >= 0.6 is 0 Å². The molecular weight excluding hydrogens is 392 g/mol. The minimum absolute atomic E-state index is 0.0454. The van der Waals surface area contributed by atoms with Crippen LogP contribution in [0.15, 0.2) is 35.5 Å². The van der Waals surface area contributed by atoms with Crippen molar-refractivity contribution in [1.29, 1.82) is 0 Å². The van der Waals surface area contributed by atoms with Crippen LogP contribution in [0.4, 0.5) is 5.95 Å². The number of hydrogen-bond donors (Lipinski definition) is 1. The third-order valence-electron chi connectivity index (χ3n) is 5.04. The first-order chi connectivity index (χ1) is 14.6. The second-order valence-corrected chi connectivity index (χ2v) is 6.86. The number of tetrazole rings is 1. The van der Waals surface area contributed by atoms with Crippen LogP contribution in [0.5, 0.6) is 5.75 Å². The Morgan fingerprint density at radius 3 is 2.67 bits per heavy atom. The fourth-order valence-corrected chi connectivity index (χ4v) is 3.49. The van der Waals surface area contributed by atoms with Gasteiger partial charge in [-0.05, 0) is 35.0 Å². The van der Waals surface area contributed by atoms with Gasteiger partial charge in [-0.2, -0.15) is 4.68 Å². The van der Waals surface area contributed by atoms with Crippen LogP contribution in [-0.4, -0.2) is 77.0 Å². The lowest BCUT2D eigenvalue weighted by Gasteiger charge is -2.27. The van der Waals surface area contributed by atoms with Crippen molar-refractivity contribution >= 4 is 17.8 Å². The molecule has 1 aromatic carbocycles. The zero-order chi connectivity index (χ0) is 21.1. The second kappa shape index (κ2) is 8.49. The summed E-state index contributed by atoms with van der Waals surface area (Å²) < 4.78 is 17.4. The average Bonchev–Trinajstić information content (AvgIpc) is 3.25. The Labute approximate surface area is 172 Å². The van der Waals surface area contributed by atoms with Gasteiger partial charge in [-0.25, -0.2) is 4.79 Å². The summed E-state index contributed by atoms with van der Waals surface area (Å²) in [6.45, 7) is 3.97. The van der Waals surface area contributed by atoms with Crippen LogP contribution in [0.2, 0.25) is 0 Å². The van der Waals surface area contributed by atoms with Crippen molar-refractivity contribution in [2.45, 2.75) is 13.0 Å². The van der Waals surface area contributed by atoms with E-state index in [2.05, 4.69) is 20.8 Å². The molecule has 0 spiro atoms. The van der Waals surface area contributed by atoms with E-state index in [4.69, 9.17) is 14.2 Å². The molecule has 2 aliphatic heterocycles. The monoisotopic (exact) mass is 414 g/mol. The van der Waals surface area contributed by atoms with E-state index in [9.17, 15) is 9.59 Å². The van der Waals surface area contributed by atoms with E-state index in [0.29, 0.717) is 49.3 Å². The van der Waals surface area contributed by atoms with Crippen molar-refractivity contribution in [3.63, 3.8) is 0 Å². The maximum Gasteiger partial charge on any atom is 0.338 e. The van der Waals surface area contributed by atoms with Crippen molar-refractivity contribution in [2.24, 2.45) is 0 Å². The molecular formula is C19H22N6O5. The Bertz CT molecular complexity index is 964.